The average molecular weight is 418 g/mol. The van der Waals surface area contributed by atoms with E-state index >= 15 is 0 Å². The smallest absolute Gasteiger partial charge is 0.351 e. The molecule has 0 saturated heterocycles. The minimum absolute atomic E-state index is 0.0896. The SMILES string of the molecule is C[C@@H](Nc1nc(NC(C2CC2)C2CC2)nc(-c2cccc(C(F)(F)F)n2)n1)C1CC1. The molecule has 3 saturated carbocycles. The Morgan fingerprint density at radius 3 is 2.00 bits per heavy atom. The second-order valence-electron chi connectivity index (χ2n) is 8.83. The fourth-order valence-corrected chi connectivity index (χ4v) is 3.93. The number of nitrogens with one attached hydrogen (secondary N) is 2. The first-order valence-corrected chi connectivity index (χ1v) is 10.7. The summed E-state index contributed by atoms with van der Waals surface area (Å²) in [6.07, 6.45) is 2.61. The summed E-state index contributed by atoms with van der Waals surface area (Å²) in [6, 6.07) is 4.31. The fourth-order valence-electron chi connectivity index (χ4n) is 3.93. The van der Waals surface area contributed by atoms with Crippen molar-refractivity contribution in [2.24, 2.45) is 17.8 Å². The Morgan fingerprint density at radius 1 is 0.833 bits per heavy atom. The van der Waals surface area contributed by atoms with Gasteiger partial charge in [0.05, 0.1) is 0 Å². The highest BCUT2D eigenvalue weighted by Gasteiger charge is 2.42. The topological polar surface area (TPSA) is 75.6 Å². The predicted octanol–water partition coefficient (Wildman–Crippen LogP) is 4.76. The molecule has 0 aliphatic heterocycles. The molecular weight excluding hydrogens is 393 g/mol. The lowest BCUT2D eigenvalue weighted by Gasteiger charge is -2.19. The van der Waals surface area contributed by atoms with E-state index in [9.17, 15) is 13.2 Å². The lowest BCUT2D eigenvalue weighted by molar-refractivity contribution is -0.141. The molecule has 2 N–H and O–H groups in total. The first kappa shape index (κ1) is 19.5. The van der Waals surface area contributed by atoms with E-state index in [1.807, 2.05) is 0 Å². The molecule has 2 aromatic rings. The molecule has 3 fully saturated rings. The van der Waals surface area contributed by atoms with E-state index in [0.717, 1.165) is 18.9 Å². The van der Waals surface area contributed by atoms with Crippen LogP contribution in [0.25, 0.3) is 11.5 Å². The van der Waals surface area contributed by atoms with Gasteiger partial charge in [-0.15, -0.1) is 0 Å². The summed E-state index contributed by atoms with van der Waals surface area (Å²) in [5.74, 6) is 2.78. The third-order valence-corrected chi connectivity index (χ3v) is 6.15. The number of rotatable bonds is 8. The van der Waals surface area contributed by atoms with Gasteiger partial charge in [-0.3, -0.25) is 0 Å². The van der Waals surface area contributed by atoms with Gasteiger partial charge in [-0.25, -0.2) is 4.98 Å². The van der Waals surface area contributed by atoms with Crippen LogP contribution in [-0.2, 0) is 6.18 Å². The molecule has 0 bridgehead atoms. The van der Waals surface area contributed by atoms with Crippen LogP contribution in [0.15, 0.2) is 18.2 Å². The minimum atomic E-state index is -4.52. The van der Waals surface area contributed by atoms with Crippen LogP contribution >= 0.6 is 0 Å². The zero-order chi connectivity index (χ0) is 20.9. The van der Waals surface area contributed by atoms with Crippen molar-refractivity contribution in [3.63, 3.8) is 0 Å². The van der Waals surface area contributed by atoms with Crippen molar-refractivity contribution < 1.29 is 13.2 Å². The predicted molar refractivity (Wildman–Crippen MR) is 107 cm³/mol. The molecule has 9 heteroatoms. The highest BCUT2D eigenvalue weighted by atomic mass is 19.4. The molecule has 5 rings (SSSR count). The summed E-state index contributed by atoms with van der Waals surface area (Å²) in [4.78, 5) is 17.2. The van der Waals surface area contributed by atoms with E-state index in [0.29, 0.717) is 35.7 Å². The zero-order valence-corrected chi connectivity index (χ0v) is 16.8. The first-order chi connectivity index (χ1) is 14.4. The molecule has 6 nitrogen and oxygen atoms in total. The Kier molecular flexibility index (Phi) is 4.78. The zero-order valence-electron chi connectivity index (χ0n) is 16.8. The average Bonchev–Trinajstić information content (AvgIpc) is 3.58. The van der Waals surface area contributed by atoms with E-state index in [4.69, 9.17) is 0 Å². The van der Waals surface area contributed by atoms with Gasteiger partial charge in [0.1, 0.15) is 11.4 Å². The molecule has 160 valence electrons. The van der Waals surface area contributed by atoms with Crippen LogP contribution in [0.4, 0.5) is 25.1 Å². The number of alkyl halides is 3. The highest BCUT2D eigenvalue weighted by Crippen LogP contribution is 2.45. The lowest BCUT2D eigenvalue weighted by atomic mass is 10.1. The van der Waals surface area contributed by atoms with Gasteiger partial charge < -0.3 is 10.6 Å². The molecule has 0 aromatic carbocycles. The summed E-state index contributed by atoms with van der Waals surface area (Å²) in [6.45, 7) is 2.08. The molecule has 2 heterocycles. The van der Waals surface area contributed by atoms with Crippen molar-refractivity contribution >= 4 is 11.9 Å². The molecule has 0 amide bonds. The number of pyridine rings is 1. The maximum absolute atomic E-state index is 13.1. The van der Waals surface area contributed by atoms with E-state index in [1.54, 1.807) is 0 Å². The molecule has 0 radical (unpaired) electrons. The molecule has 1 atom stereocenters. The highest BCUT2D eigenvalue weighted by molar-refractivity contribution is 5.54. The number of hydrogen-bond donors (Lipinski definition) is 2. The van der Waals surface area contributed by atoms with E-state index < -0.39 is 11.9 Å². The quantitative estimate of drug-likeness (QED) is 0.644. The van der Waals surface area contributed by atoms with E-state index in [1.165, 1.54) is 37.8 Å². The van der Waals surface area contributed by atoms with Gasteiger partial charge in [0, 0.05) is 12.1 Å². The molecular formula is C21H25F3N6. The van der Waals surface area contributed by atoms with Crippen molar-refractivity contribution in [3.05, 3.63) is 23.9 Å². The number of aromatic nitrogens is 4. The third kappa shape index (κ3) is 4.49. The van der Waals surface area contributed by atoms with Gasteiger partial charge in [0.25, 0.3) is 0 Å². The van der Waals surface area contributed by atoms with Crippen LogP contribution < -0.4 is 10.6 Å². The minimum Gasteiger partial charge on any atom is -0.351 e. The standard InChI is InChI=1S/C21H25F3N6/c1-11(12-5-6-12)25-19-28-18(15-3-2-4-16(26-15)21(22,23)24)29-20(30-19)27-17(13-7-8-13)14-9-10-14/h2-4,11-14,17H,5-10H2,1H3,(H2,25,27,28,29,30)/t11-/m1/s1. The van der Waals surface area contributed by atoms with Gasteiger partial charge >= 0.3 is 6.18 Å². The van der Waals surface area contributed by atoms with Crippen molar-refractivity contribution in [3.8, 4) is 11.5 Å². The Balaban J connectivity index is 1.47. The van der Waals surface area contributed by atoms with E-state index in [2.05, 4.69) is 37.5 Å². The van der Waals surface area contributed by atoms with Gasteiger partial charge in [0.2, 0.25) is 11.9 Å². The summed E-state index contributed by atoms with van der Waals surface area (Å²) in [5.41, 5.74) is -0.864. The lowest BCUT2D eigenvalue weighted by Crippen LogP contribution is -2.26. The van der Waals surface area contributed by atoms with Crippen LogP contribution in [0, 0.1) is 17.8 Å². The first-order valence-electron chi connectivity index (χ1n) is 10.7. The second-order valence-corrected chi connectivity index (χ2v) is 8.83. The van der Waals surface area contributed by atoms with Crippen LogP contribution in [0.5, 0.6) is 0 Å². The number of hydrogen-bond acceptors (Lipinski definition) is 6. The van der Waals surface area contributed by atoms with Crippen LogP contribution in [0.1, 0.15) is 51.1 Å². The molecule has 30 heavy (non-hydrogen) atoms. The van der Waals surface area contributed by atoms with E-state index in [-0.39, 0.29) is 17.6 Å². The Morgan fingerprint density at radius 2 is 1.43 bits per heavy atom. The summed E-state index contributed by atoms with van der Waals surface area (Å²) in [5, 5.41) is 6.77. The summed E-state index contributed by atoms with van der Waals surface area (Å²) in [7, 11) is 0. The Bertz CT molecular complexity index is 909. The number of halogens is 3. The van der Waals surface area contributed by atoms with Crippen molar-refractivity contribution in [1.29, 1.82) is 0 Å². The van der Waals surface area contributed by atoms with Crippen LogP contribution in [-0.4, -0.2) is 32.0 Å². The van der Waals surface area contributed by atoms with Crippen molar-refractivity contribution in [1.82, 2.24) is 19.9 Å². The third-order valence-electron chi connectivity index (χ3n) is 6.15. The van der Waals surface area contributed by atoms with Gasteiger partial charge in [-0.05, 0) is 75.3 Å². The summed E-state index contributed by atoms with van der Waals surface area (Å²) >= 11 is 0. The van der Waals surface area contributed by atoms with Gasteiger partial charge in [-0.1, -0.05) is 6.07 Å². The Hall–Kier alpha value is -2.45. The Labute approximate surface area is 173 Å². The maximum Gasteiger partial charge on any atom is 0.433 e. The normalized spacial score (nSPS) is 20.3. The molecule has 2 aromatic heterocycles. The monoisotopic (exact) mass is 418 g/mol. The molecule has 0 spiro atoms. The fraction of sp³-hybridized carbons (Fsp3) is 0.619. The van der Waals surface area contributed by atoms with Gasteiger partial charge in [0.15, 0.2) is 5.82 Å². The molecule has 0 unspecified atom stereocenters. The second kappa shape index (κ2) is 7.35. The van der Waals surface area contributed by atoms with Crippen molar-refractivity contribution in [2.75, 3.05) is 10.6 Å². The van der Waals surface area contributed by atoms with Crippen LogP contribution in [0.2, 0.25) is 0 Å². The maximum atomic E-state index is 13.1. The summed E-state index contributed by atoms with van der Waals surface area (Å²) < 4.78 is 39.4. The van der Waals surface area contributed by atoms with Crippen molar-refractivity contribution in [2.45, 2.75) is 63.7 Å². The molecule has 3 aliphatic carbocycles. The largest absolute Gasteiger partial charge is 0.433 e. The number of anilines is 2. The molecule has 3 aliphatic rings. The van der Waals surface area contributed by atoms with Crippen LogP contribution in [0.3, 0.4) is 0 Å². The van der Waals surface area contributed by atoms with Gasteiger partial charge in [-0.2, -0.15) is 28.1 Å². The number of nitrogens with zero attached hydrogens (tertiary/aromatic N) is 4.